The maximum Gasteiger partial charge on any atom is 0.220 e. The molecule has 4 heteroatoms. The van der Waals surface area contributed by atoms with E-state index < -0.39 is 6.10 Å². The maximum absolute atomic E-state index is 11.6. The Labute approximate surface area is 96.4 Å². The van der Waals surface area contributed by atoms with Crippen LogP contribution in [0.3, 0.4) is 0 Å². The number of carbonyl (C=O) groups is 1. The molecule has 2 aliphatic rings. The molecular weight excluding hydrogens is 206 g/mol. The molecular formula is C12H21NO3. The van der Waals surface area contributed by atoms with E-state index in [1.54, 1.807) is 6.92 Å². The Morgan fingerprint density at radius 2 is 2.25 bits per heavy atom. The molecule has 1 heterocycles. The Hall–Kier alpha value is -0.610. The van der Waals surface area contributed by atoms with Gasteiger partial charge in [0.25, 0.3) is 0 Å². The monoisotopic (exact) mass is 227 g/mol. The minimum atomic E-state index is -0.398. The molecule has 4 nitrogen and oxygen atoms in total. The van der Waals surface area contributed by atoms with Crippen molar-refractivity contribution in [3.63, 3.8) is 0 Å². The van der Waals surface area contributed by atoms with Crippen LogP contribution >= 0.6 is 0 Å². The highest BCUT2D eigenvalue weighted by Gasteiger charge is 2.41. The molecule has 0 bridgehead atoms. The molecule has 92 valence electrons. The fourth-order valence-corrected chi connectivity index (χ4v) is 2.27. The van der Waals surface area contributed by atoms with E-state index in [1.807, 2.05) is 0 Å². The van der Waals surface area contributed by atoms with E-state index >= 15 is 0 Å². The van der Waals surface area contributed by atoms with Gasteiger partial charge in [-0.1, -0.05) is 0 Å². The third-order valence-electron chi connectivity index (χ3n) is 3.36. The van der Waals surface area contributed by atoms with E-state index in [4.69, 9.17) is 9.84 Å². The van der Waals surface area contributed by atoms with Crippen molar-refractivity contribution in [3.05, 3.63) is 0 Å². The van der Waals surface area contributed by atoms with Gasteiger partial charge in [0.05, 0.1) is 18.2 Å². The van der Waals surface area contributed by atoms with Crippen LogP contribution in [0.15, 0.2) is 0 Å². The van der Waals surface area contributed by atoms with Crippen LogP contribution in [0.25, 0.3) is 0 Å². The van der Waals surface area contributed by atoms with Crippen molar-refractivity contribution in [3.8, 4) is 0 Å². The smallest absolute Gasteiger partial charge is 0.220 e. The first kappa shape index (κ1) is 11.9. The summed E-state index contributed by atoms with van der Waals surface area (Å²) in [6.45, 7) is 2.47. The predicted octanol–water partition coefficient (Wildman–Crippen LogP) is 0.831. The lowest BCUT2D eigenvalue weighted by Crippen LogP contribution is -2.41. The zero-order valence-corrected chi connectivity index (χ0v) is 9.82. The van der Waals surface area contributed by atoms with Crippen molar-refractivity contribution in [2.45, 2.75) is 57.3 Å². The van der Waals surface area contributed by atoms with Gasteiger partial charge < -0.3 is 15.2 Å². The van der Waals surface area contributed by atoms with Crippen LogP contribution in [0.4, 0.5) is 0 Å². The number of aliphatic hydroxyl groups is 1. The fraction of sp³-hybridized carbons (Fsp3) is 0.917. The van der Waals surface area contributed by atoms with Crippen LogP contribution in [-0.2, 0) is 9.53 Å². The number of hydrogen-bond acceptors (Lipinski definition) is 3. The van der Waals surface area contributed by atoms with Crippen molar-refractivity contribution in [1.29, 1.82) is 0 Å². The summed E-state index contributed by atoms with van der Waals surface area (Å²) in [5.41, 5.74) is 0. The fourth-order valence-electron chi connectivity index (χ4n) is 2.27. The lowest BCUT2D eigenvalue weighted by Gasteiger charge is -2.19. The minimum absolute atomic E-state index is 0.0436. The molecule has 2 N–H and O–H groups in total. The van der Waals surface area contributed by atoms with Gasteiger partial charge in [-0.05, 0) is 38.5 Å². The summed E-state index contributed by atoms with van der Waals surface area (Å²) in [6, 6.07) is 0.203. The van der Waals surface area contributed by atoms with Crippen molar-refractivity contribution < 1.29 is 14.6 Å². The third-order valence-corrected chi connectivity index (χ3v) is 3.36. The largest absolute Gasteiger partial charge is 0.393 e. The van der Waals surface area contributed by atoms with Gasteiger partial charge in [-0.2, -0.15) is 0 Å². The van der Waals surface area contributed by atoms with Crippen molar-refractivity contribution >= 4 is 5.91 Å². The molecule has 3 atom stereocenters. The number of ether oxygens (including phenoxy) is 1. The summed E-state index contributed by atoms with van der Waals surface area (Å²) in [5, 5.41) is 12.1. The third kappa shape index (κ3) is 3.19. The second-order valence-corrected chi connectivity index (χ2v) is 5.02. The number of rotatable bonds is 5. The van der Waals surface area contributed by atoms with Gasteiger partial charge in [0, 0.05) is 13.0 Å². The van der Waals surface area contributed by atoms with Crippen molar-refractivity contribution in [1.82, 2.24) is 5.32 Å². The first-order chi connectivity index (χ1) is 7.66. The topological polar surface area (TPSA) is 58.6 Å². The molecule has 0 aromatic carbocycles. The van der Waals surface area contributed by atoms with Crippen molar-refractivity contribution in [2.24, 2.45) is 5.92 Å². The molecule has 1 saturated heterocycles. The van der Waals surface area contributed by atoms with Gasteiger partial charge in [-0.3, -0.25) is 4.79 Å². The average molecular weight is 227 g/mol. The highest BCUT2D eigenvalue weighted by Crippen LogP contribution is 2.38. The van der Waals surface area contributed by atoms with Crippen LogP contribution < -0.4 is 5.32 Å². The molecule has 1 aliphatic heterocycles. The van der Waals surface area contributed by atoms with Crippen LogP contribution in [0, 0.1) is 5.92 Å². The van der Waals surface area contributed by atoms with Crippen LogP contribution in [0.2, 0.25) is 0 Å². The first-order valence-corrected chi connectivity index (χ1v) is 6.26. The highest BCUT2D eigenvalue weighted by molar-refractivity contribution is 5.76. The lowest BCUT2D eigenvalue weighted by molar-refractivity contribution is -0.122. The molecule has 0 aromatic heterocycles. The van der Waals surface area contributed by atoms with Crippen LogP contribution in [0.5, 0.6) is 0 Å². The minimum Gasteiger partial charge on any atom is -0.393 e. The Balaban J connectivity index is 1.73. The number of nitrogens with one attached hydrogen (secondary N) is 1. The Bertz CT molecular complexity index is 251. The van der Waals surface area contributed by atoms with E-state index in [0.717, 1.165) is 13.0 Å². The normalized spacial score (nSPS) is 31.4. The number of amides is 1. The van der Waals surface area contributed by atoms with E-state index in [9.17, 15) is 4.79 Å². The van der Waals surface area contributed by atoms with E-state index in [1.165, 1.54) is 12.8 Å². The summed E-state index contributed by atoms with van der Waals surface area (Å²) in [6.07, 6.45) is 4.20. The molecule has 0 spiro atoms. The Kier molecular flexibility index (Phi) is 3.82. The summed E-state index contributed by atoms with van der Waals surface area (Å²) in [4.78, 5) is 11.6. The number of carbonyl (C=O) groups excluding carboxylic acids is 1. The summed E-state index contributed by atoms with van der Waals surface area (Å²) in [7, 11) is 0. The molecule has 0 radical (unpaired) electrons. The predicted molar refractivity (Wildman–Crippen MR) is 59.9 cm³/mol. The zero-order valence-electron chi connectivity index (χ0n) is 9.82. The van der Waals surface area contributed by atoms with Gasteiger partial charge in [0.2, 0.25) is 5.91 Å². The molecule has 2 fully saturated rings. The maximum atomic E-state index is 11.6. The summed E-state index contributed by atoms with van der Waals surface area (Å²) in [5.74, 6) is 0.714. The van der Waals surface area contributed by atoms with E-state index in [2.05, 4.69) is 5.32 Å². The molecule has 1 saturated carbocycles. The van der Waals surface area contributed by atoms with Gasteiger partial charge in [0.1, 0.15) is 0 Å². The Morgan fingerprint density at radius 3 is 2.88 bits per heavy atom. The van der Waals surface area contributed by atoms with E-state index in [-0.39, 0.29) is 18.1 Å². The standard InChI is InChI=1S/C12H21NO3/c1-8(14)2-5-11(15)13-10-6-7-16-12(10)9-3-4-9/h8-10,12,14H,2-7H2,1H3,(H,13,15). The second-order valence-electron chi connectivity index (χ2n) is 5.02. The molecule has 1 amide bonds. The number of hydrogen-bond donors (Lipinski definition) is 2. The molecule has 2 rings (SSSR count). The van der Waals surface area contributed by atoms with Gasteiger partial charge >= 0.3 is 0 Å². The molecule has 3 unspecified atom stereocenters. The zero-order chi connectivity index (χ0) is 11.5. The molecule has 1 aliphatic carbocycles. The second kappa shape index (κ2) is 5.15. The lowest BCUT2D eigenvalue weighted by atomic mass is 10.1. The highest BCUT2D eigenvalue weighted by atomic mass is 16.5. The molecule has 16 heavy (non-hydrogen) atoms. The molecule has 0 aromatic rings. The summed E-state index contributed by atoms with van der Waals surface area (Å²) >= 11 is 0. The Morgan fingerprint density at radius 1 is 1.50 bits per heavy atom. The first-order valence-electron chi connectivity index (χ1n) is 6.26. The quantitative estimate of drug-likeness (QED) is 0.731. The average Bonchev–Trinajstić information content (AvgIpc) is 2.97. The number of aliphatic hydroxyl groups excluding tert-OH is 1. The van der Waals surface area contributed by atoms with Gasteiger partial charge in [-0.25, -0.2) is 0 Å². The van der Waals surface area contributed by atoms with Crippen LogP contribution in [-0.4, -0.2) is 35.9 Å². The van der Waals surface area contributed by atoms with Crippen LogP contribution in [0.1, 0.15) is 39.0 Å². The SMILES string of the molecule is CC(O)CCC(=O)NC1CCOC1C1CC1. The van der Waals surface area contributed by atoms with Gasteiger partial charge in [0.15, 0.2) is 0 Å². The van der Waals surface area contributed by atoms with E-state index in [0.29, 0.717) is 18.8 Å². The van der Waals surface area contributed by atoms with Crippen molar-refractivity contribution in [2.75, 3.05) is 6.61 Å². The summed E-state index contributed by atoms with van der Waals surface area (Å²) < 4.78 is 5.65. The van der Waals surface area contributed by atoms with Gasteiger partial charge in [-0.15, -0.1) is 0 Å².